The Hall–Kier alpha value is -6.75. The van der Waals surface area contributed by atoms with E-state index in [4.69, 9.17) is 4.98 Å². The lowest BCUT2D eigenvalue weighted by Crippen LogP contribution is -2.75. The smallest absolute Gasteiger partial charge is 0.181 e. The van der Waals surface area contributed by atoms with Crippen molar-refractivity contribution in [2.45, 2.75) is 50.5 Å². The van der Waals surface area contributed by atoms with E-state index in [1.807, 2.05) is 18.3 Å². The van der Waals surface area contributed by atoms with Crippen LogP contribution in [0.5, 0.6) is 0 Å². The molecule has 2 atom stereocenters. The van der Waals surface area contributed by atoms with Crippen LogP contribution in [0, 0.1) is 0 Å². The molecule has 61 heavy (non-hydrogen) atoms. The highest BCUT2D eigenvalue weighted by molar-refractivity contribution is 7.20. The Morgan fingerprint density at radius 2 is 1.20 bits per heavy atom. The molecule has 8 aromatic carbocycles. The zero-order valence-corrected chi connectivity index (χ0v) is 35.5. The van der Waals surface area contributed by atoms with Crippen LogP contribution in [0.3, 0.4) is 0 Å². The van der Waals surface area contributed by atoms with E-state index in [0.717, 1.165) is 48.1 Å². The average Bonchev–Trinajstić information content (AvgIpc) is 3.79. The molecule has 0 N–H and O–H groups in total. The highest BCUT2D eigenvalue weighted by Crippen LogP contribution is 2.60. The third-order valence-electron chi connectivity index (χ3n) is 14.6. The molecule has 3 heterocycles. The fraction of sp³-hybridized carbons (Fsp3) is 0.140. The first kappa shape index (κ1) is 33.0. The number of aromatic nitrogens is 2. The zero-order valence-electron chi connectivity index (χ0n) is 37.5. The minimum Gasteiger partial charge on any atom is -0.319 e. The quantitative estimate of drug-likeness (QED) is 0.123. The molecule has 12 rings (SSSR count). The van der Waals surface area contributed by atoms with Gasteiger partial charge in [0.15, 0.2) is 8.07 Å². The summed E-state index contributed by atoms with van der Waals surface area (Å²) >= 11 is 0. The summed E-state index contributed by atoms with van der Waals surface area (Å²) in [5.74, 6) is 0.814. The summed E-state index contributed by atoms with van der Waals surface area (Å²) in [5.41, 5.74) is 3.45. The fourth-order valence-electron chi connectivity index (χ4n) is 11.5. The predicted octanol–water partition coefficient (Wildman–Crippen LogP) is 11.6. The van der Waals surface area contributed by atoms with Gasteiger partial charge in [0.25, 0.3) is 0 Å². The summed E-state index contributed by atoms with van der Waals surface area (Å²) in [7, 11) is -3.26. The van der Waals surface area contributed by atoms with Gasteiger partial charge in [-0.2, -0.15) is 0 Å². The van der Waals surface area contributed by atoms with Gasteiger partial charge in [-0.3, -0.25) is 0 Å². The molecule has 1 saturated carbocycles. The zero-order chi connectivity index (χ0) is 43.4. The van der Waals surface area contributed by atoms with Crippen molar-refractivity contribution >= 4 is 83.7 Å². The van der Waals surface area contributed by atoms with Crippen molar-refractivity contribution in [2.24, 2.45) is 0 Å². The standard InChI is InChI=1S/C57H47N3Si/c1-56-34-14-15-35-57(56,2)60(55-50(56)24-16-36-58-55)44-30-33-52-49(39-44)48-23-10-11-25-51(48)59(52)53-26-12-13-27-54(53)61(45-21-4-3-5-22-45,46-31-28-40-17-6-8-19-42(40)37-46)47-32-29-41-18-7-9-20-43(41)38-47/h3-13,16-33,36-39H,14-15,34-35H2,1-2H3/i30D,33D,39D. The molecule has 2 aliphatic rings. The van der Waals surface area contributed by atoms with Crippen molar-refractivity contribution in [1.29, 1.82) is 0 Å². The largest absolute Gasteiger partial charge is 0.319 e. The molecule has 1 aliphatic carbocycles. The molecule has 0 amide bonds. The van der Waals surface area contributed by atoms with Gasteiger partial charge in [0, 0.05) is 39.3 Å². The molecule has 0 spiro atoms. The van der Waals surface area contributed by atoms with E-state index in [9.17, 15) is 4.11 Å². The highest BCUT2D eigenvalue weighted by atomic mass is 28.3. The number of nitrogens with zero attached hydrogens (tertiary/aromatic N) is 3. The number of para-hydroxylation sites is 2. The molecule has 294 valence electrons. The molecule has 3 nitrogen and oxygen atoms in total. The van der Waals surface area contributed by atoms with Crippen molar-refractivity contribution in [3.63, 3.8) is 0 Å². The van der Waals surface area contributed by atoms with Crippen molar-refractivity contribution < 1.29 is 4.11 Å². The molecule has 1 aliphatic heterocycles. The number of benzene rings is 8. The second kappa shape index (κ2) is 13.6. The number of anilines is 2. The van der Waals surface area contributed by atoms with E-state index in [-0.39, 0.29) is 23.5 Å². The van der Waals surface area contributed by atoms with Crippen molar-refractivity contribution in [2.75, 3.05) is 4.90 Å². The maximum absolute atomic E-state index is 10.4. The predicted molar refractivity (Wildman–Crippen MR) is 260 cm³/mol. The Kier molecular flexibility index (Phi) is 7.38. The van der Waals surface area contributed by atoms with Gasteiger partial charge in [-0.1, -0.05) is 177 Å². The first-order valence-corrected chi connectivity index (χ1v) is 23.7. The minimum atomic E-state index is -3.26. The summed E-state index contributed by atoms with van der Waals surface area (Å²) in [6.07, 6.45) is 5.93. The third-order valence-corrected chi connectivity index (χ3v) is 19.4. The van der Waals surface area contributed by atoms with E-state index >= 15 is 0 Å². The van der Waals surface area contributed by atoms with Crippen LogP contribution in [-0.2, 0) is 5.41 Å². The number of hydrogen-bond donors (Lipinski definition) is 0. The Morgan fingerprint density at radius 3 is 1.95 bits per heavy atom. The number of hydrogen-bond acceptors (Lipinski definition) is 2. The Bertz CT molecular complexity index is 3430. The van der Waals surface area contributed by atoms with E-state index in [2.05, 4.69) is 187 Å². The summed E-state index contributed by atoms with van der Waals surface area (Å²) < 4.78 is 32.9. The molecule has 0 saturated heterocycles. The first-order valence-electron chi connectivity index (χ1n) is 23.2. The molecular weight excluding hydrogens is 755 g/mol. The van der Waals surface area contributed by atoms with Crippen molar-refractivity contribution in [3.8, 4) is 5.69 Å². The maximum Gasteiger partial charge on any atom is 0.181 e. The molecule has 2 unspecified atom stereocenters. The van der Waals surface area contributed by atoms with E-state index in [0.29, 0.717) is 16.6 Å². The van der Waals surface area contributed by atoms with Crippen LogP contribution in [0.15, 0.2) is 200 Å². The van der Waals surface area contributed by atoms with Gasteiger partial charge in [-0.15, -0.1) is 0 Å². The molecule has 4 heteroatoms. The summed E-state index contributed by atoms with van der Waals surface area (Å²) in [4.78, 5) is 7.20. The summed E-state index contributed by atoms with van der Waals surface area (Å²) in [6, 6.07) is 64.0. The third kappa shape index (κ3) is 5.12. The lowest BCUT2D eigenvalue weighted by molar-refractivity contribution is 0.195. The van der Waals surface area contributed by atoms with Crippen LogP contribution in [0.2, 0.25) is 0 Å². The lowest BCUT2D eigenvalue weighted by atomic mass is 9.61. The molecule has 2 aromatic heterocycles. The molecular formula is C57H47N3Si. The second-order valence-electron chi connectivity index (χ2n) is 17.6. The molecule has 0 radical (unpaired) electrons. The van der Waals surface area contributed by atoms with Gasteiger partial charge in [-0.25, -0.2) is 4.98 Å². The highest BCUT2D eigenvalue weighted by Gasteiger charge is 2.58. The Balaban J connectivity index is 1.20. The van der Waals surface area contributed by atoms with Gasteiger partial charge >= 0.3 is 0 Å². The SMILES string of the molecule is [2H]c1c(N2c3ncccc3C3(C)CCCCC23C)c([2H])c2c3ccccc3n(-c3ccccc3[Si](c3ccccc3)(c3ccc4ccccc4c3)c3ccc4ccccc4c3)c2c1[2H]. The minimum absolute atomic E-state index is 0.0577. The average molecular weight is 805 g/mol. The van der Waals surface area contributed by atoms with Crippen LogP contribution in [0.25, 0.3) is 49.0 Å². The number of fused-ring (bicyclic) bond motifs is 8. The fourth-order valence-corrected chi connectivity index (χ4v) is 16.4. The monoisotopic (exact) mass is 804 g/mol. The molecule has 0 bridgehead atoms. The van der Waals surface area contributed by atoms with Gasteiger partial charge < -0.3 is 9.47 Å². The van der Waals surface area contributed by atoms with Crippen LogP contribution in [-0.4, -0.2) is 23.2 Å². The second-order valence-corrected chi connectivity index (χ2v) is 21.4. The first-order chi connectivity index (χ1) is 31.3. The number of pyridine rings is 1. The molecule has 1 fully saturated rings. The topological polar surface area (TPSA) is 21.1 Å². The van der Waals surface area contributed by atoms with E-state index < -0.39 is 13.6 Å². The van der Waals surface area contributed by atoms with Crippen molar-refractivity contribution in [1.82, 2.24) is 9.55 Å². The van der Waals surface area contributed by atoms with E-state index in [1.54, 1.807) is 0 Å². The van der Waals surface area contributed by atoms with Crippen LogP contribution in [0.4, 0.5) is 11.5 Å². The van der Waals surface area contributed by atoms with Crippen molar-refractivity contribution in [3.05, 3.63) is 206 Å². The van der Waals surface area contributed by atoms with E-state index in [1.165, 1.54) is 47.9 Å². The lowest BCUT2D eigenvalue weighted by Gasteiger charge is -2.50. The van der Waals surface area contributed by atoms with Gasteiger partial charge in [0.05, 0.1) is 20.7 Å². The van der Waals surface area contributed by atoms with Gasteiger partial charge in [-0.05, 0) is 98.4 Å². The summed E-state index contributed by atoms with van der Waals surface area (Å²) in [6.45, 7) is 4.64. The maximum atomic E-state index is 10.4. The Morgan fingerprint density at radius 1 is 0.557 bits per heavy atom. The molecule has 10 aromatic rings. The van der Waals surface area contributed by atoms with Crippen LogP contribution in [0.1, 0.15) is 49.2 Å². The van der Waals surface area contributed by atoms with Crippen LogP contribution >= 0.6 is 0 Å². The number of rotatable bonds is 6. The van der Waals surface area contributed by atoms with Crippen LogP contribution < -0.4 is 25.6 Å². The van der Waals surface area contributed by atoms with Gasteiger partial charge in [0.2, 0.25) is 0 Å². The summed E-state index contributed by atoms with van der Waals surface area (Å²) in [5, 5.41) is 11.2. The van der Waals surface area contributed by atoms with Gasteiger partial charge in [0.1, 0.15) is 5.82 Å². The normalized spacial score (nSPS) is 19.5. The Labute approximate surface area is 362 Å².